The van der Waals surface area contributed by atoms with Crippen molar-refractivity contribution in [3.05, 3.63) is 35.7 Å². The zero-order valence-electron chi connectivity index (χ0n) is 12.2. The predicted octanol–water partition coefficient (Wildman–Crippen LogP) is 2.44. The summed E-state index contributed by atoms with van der Waals surface area (Å²) >= 11 is 0. The number of nitrogens with zero attached hydrogens (tertiary/aromatic N) is 2. The largest absolute Gasteiger partial charge is 0.435 e. The molecule has 0 saturated heterocycles. The molecule has 0 atom stereocenters. The summed E-state index contributed by atoms with van der Waals surface area (Å²) < 4.78 is 57.3. The molecule has 0 aliphatic rings. The van der Waals surface area contributed by atoms with Gasteiger partial charge in [0, 0.05) is 13.1 Å². The van der Waals surface area contributed by atoms with Crippen molar-refractivity contribution in [2.75, 3.05) is 4.72 Å². The average Bonchev–Trinajstić information content (AvgIpc) is 2.62. The number of anilines is 1. The Balaban J connectivity index is 2.33. The molecule has 6 nitrogen and oxygen atoms in total. The van der Waals surface area contributed by atoms with E-state index in [2.05, 4.69) is 14.6 Å². The van der Waals surface area contributed by atoms with Crippen LogP contribution in [0.25, 0.3) is 0 Å². The molecule has 0 bridgehead atoms. The number of aromatic nitrogens is 2. The number of benzene rings is 1. The van der Waals surface area contributed by atoms with Gasteiger partial charge in [-0.05, 0) is 26.0 Å². The summed E-state index contributed by atoms with van der Waals surface area (Å²) in [5.74, 6) is -0.130. The monoisotopic (exact) mass is 331 g/mol. The van der Waals surface area contributed by atoms with Crippen molar-refractivity contribution in [1.29, 1.82) is 0 Å². The molecule has 0 unspecified atom stereocenters. The number of halogens is 2. The Morgan fingerprint density at radius 3 is 2.55 bits per heavy atom. The van der Waals surface area contributed by atoms with Crippen LogP contribution in [0.1, 0.15) is 11.4 Å². The van der Waals surface area contributed by atoms with Crippen molar-refractivity contribution in [2.24, 2.45) is 7.05 Å². The van der Waals surface area contributed by atoms with Crippen LogP contribution in [-0.2, 0) is 17.1 Å². The van der Waals surface area contributed by atoms with Crippen LogP contribution >= 0.6 is 0 Å². The molecule has 1 aromatic carbocycles. The predicted molar refractivity (Wildman–Crippen MR) is 76.6 cm³/mol. The average molecular weight is 331 g/mol. The molecule has 0 aliphatic heterocycles. The Kier molecular flexibility index (Phi) is 4.36. The Morgan fingerprint density at radius 2 is 2.00 bits per heavy atom. The molecule has 2 aromatic rings. The molecule has 0 aliphatic carbocycles. The number of hydrogen-bond acceptors (Lipinski definition) is 4. The van der Waals surface area contributed by atoms with E-state index >= 15 is 0 Å². The van der Waals surface area contributed by atoms with E-state index in [9.17, 15) is 17.2 Å². The number of ether oxygens (including phenoxy) is 1. The van der Waals surface area contributed by atoms with Crippen LogP contribution in [0.3, 0.4) is 0 Å². The standard InChI is InChI=1S/C13H15F2N3O3S/c1-8-12(9(2)18(3)16-8)22(19,20)17-10-5-4-6-11(7-10)21-13(14)15/h4-7,13,17H,1-3H3. The number of nitrogens with one attached hydrogen (secondary N) is 1. The lowest BCUT2D eigenvalue weighted by Crippen LogP contribution is -2.15. The maximum absolute atomic E-state index is 12.4. The summed E-state index contributed by atoms with van der Waals surface area (Å²) in [7, 11) is -2.24. The number of hydrogen-bond donors (Lipinski definition) is 1. The van der Waals surface area contributed by atoms with Crippen LogP contribution in [0.15, 0.2) is 29.2 Å². The first-order chi connectivity index (χ1) is 10.2. The number of aryl methyl sites for hydroxylation is 2. The smallest absolute Gasteiger partial charge is 0.387 e. The second-order valence-corrected chi connectivity index (χ2v) is 6.25. The molecular weight excluding hydrogens is 316 g/mol. The minimum atomic E-state index is -3.88. The fourth-order valence-electron chi connectivity index (χ4n) is 2.09. The van der Waals surface area contributed by atoms with Crippen molar-refractivity contribution in [3.63, 3.8) is 0 Å². The third-order valence-electron chi connectivity index (χ3n) is 3.02. The Hall–Kier alpha value is -2.16. The molecule has 1 aromatic heterocycles. The maximum atomic E-state index is 12.4. The zero-order chi connectivity index (χ0) is 16.5. The lowest BCUT2D eigenvalue weighted by atomic mass is 10.3. The number of sulfonamides is 1. The van der Waals surface area contributed by atoms with E-state index in [1.807, 2.05) is 0 Å². The first-order valence-electron chi connectivity index (χ1n) is 6.28. The van der Waals surface area contributed by atoms with Gasteiger partial charge in [0.1, 0.15) is 10.6 Å². The quantitative estimate of drug-likeness (QED) is 0.913. The molecule has 9 heteroatoms. The summed E-state index contributed by atoms with van der Waals surface area (Å²) in [6.45, 7) is 0.234. The van der Waals surface area contributed by atoms with Gasteiger partial charge in [0.05, 0.1) is 17.1 Å². The van der Waals surface area contributed by atoms with Gasteiger partial charge in [-0.2, -0.15) is 13.9 Å². The Bertz CT molecular complexity index is 788. The summed E-state index contributed by atoms with van der Waals surface area (Å²) in [6.07, 6.45) is 0. The molecule has 0 saturated carbocycles. The van der Waals surface area contributed by atoms with Crippen LogP contribution in [0.4, 0.5) is 14.5 Å². The van der Waals surface area contributed by atoms with Gasteiger partial charge >= 0.3 is 6.61 Å². The van der Waals surface area contributed by atoms with Gasteiger partial charge in [-0.15, -0.1) is 0 Å². The second-order valence-electron chi connectivity index (χ2n) is 4.64. The molecule has 0 fully saturated rings. The fraction of sp³-hybridized carbons (Fsp3) is 0.308. The van der Waals surface area contributed by atoms with Gasteiger partial charge in [0.25, 0.3) is 10.0 Å². The minimum Gasteiger partial charge on any atom is -0.435 e. The van der Waals surface area contributed by atoms with Crippen molar-refractivity contribution in [1.82, 2.24) is 9.78 Å². The van der Waals surface area contributed by atoms with E-state index in [1.54, 1.807) is 20.9 Å². The zero-order valence-corrected chi connectivity index (χ0v) is 13.0. The van der Waals surface area contributed by atoms with E-state index in [-0.39, 0.29) is 16.3 Å². The fourth-order valence-corrected chi connectivity index (χ4v) is 3.58. The SMILES string of the molecule is Cc1nn(C)c(C)c1S(=O)(=O)Nc1cccc(OC(F)F)c1. The molecule has 22 heavy (non-hydrogen) atoms. The van der Waals surface area contributed by atoms with E-state index in [1.165, 1.54) is 28.9 Å². The number of alkyl halides is 2. The molecule has 0 amide bonds. The summed E-state index contributed by atoms with van der Waals surface area (Å²) in [5, 5.41) is 4.05. The van der Waals surface area contributed by atoms with E-state index < -0.39 is 16.6 Å². The van der Waals surface area contributed by atoms with Crippen molar-refractivity contribution in [3.8, 4) is 5.75 Å². The third-order valence-corrected chi connectivity index (χ3v) is 4.66. The van der Waals surface area contributed by atoms with Gasteiger partial charge in [-0.3, -0.25) is 9.40 Å². The summed E-state index contributed by atoms with van der Waals surface area (Å²) in [6, 6.07) is 5.35. The van der Waals surface area contributed by atoms with E-state index in [0.717, 1.165) is 0 Å². The highest BCUT2D eigenvalue weighted by atomic mass is 32.2. The van der Waals surface area contributed by atoms with Gasteiger partial charge in [0.15, 0.2) is 0 Å². The Labute approximate surface area is 126 Å². The molecule has 1 heterocycles. The normalized spacial score (nSPS) is 11.7. The van der Waals surface area contributed by atoms with Crippen molar-refractivity contribution < 1.29 is 21.9 Å². The highest BCUT2D eigenvalue weighted by Gasteiger charge is 2.24. The van der Waals surface area contributed by atoms with Crippen LogP contribution in [0, 0.1) is 13.8 Å². The number of rotatable bonds is 5. The molecule has 2 rings (SSSR count). The van der Waals surface area contributed by atoms with Gasteiger partial charge in [-0.25, -0.2) is 8.42 Å². The highest BCUT2D eigenvalue weighted by molar-refractivity contribution is 7.92. The minimum absolute atomic E-state index is 0.0650. The molecular formula is C13H15F2N3O3S. The molecule has 1 N–H and O–H groups in total. The lowest BCUT2D eigenvalue weighted by Gasteiger charge is -2.10. The topological polar surface area (TPSA) is 73.2 Å². The first-order valence-corrected chi connectivity index (χ1v) is 7.77. The Morgan fingerprint density at radius 1 is 1.32 bits per heavy atom. The molecule has 120 valence electrons. The van der Waals surface area contributed by atoms with Crippen LogP contribution < -0.4 is 9.46 Å². The van der Waals surface area contributed by atoms with Gasteiger partial charge in [0.2, 0.25) is 0 Å². The molecule has 0 spiro atoms. The van der Waals surface area contributed by atoms with Gasteiger partial charge in [-0.1, -0.05) is 6.07 Å². The van der Waals surface area contributed by atoms with E-state index in [4.69, 9.17) is 0 Å². The highest BCUT2D eigenvalue weighted by Crippen LogP contribution is 2.24. The van der Waals surface area contributed by atoms with Gasteiger partial charge < -0.3 is 4.74 Å². The van der Waals surface area contributed by atoms with Crippen LogP contribution in [-0.4, -0.2) is 24.8 Å². The van der Waals surface area contributed by atoms with Crippen molar-refractivity contribution in [2.45, 2.75) is 25.4 Å². The third kappa shape index (κ3) is 3.35. The maximum Gasteiger partial charge on any atom is 0.387 e. The van der Waals surface area contributed by atoms with E-state index in [0.29, 0.717) is 11.4 Å². The van der Waals surface area contributed by atoms with Crippen LogP contribution in [0.2, 0.25) is 0 Å². The lowest BCUT2D eigenvalue weighted by molar-refractivity contribution is -0.0497. The summed E-state index contributed by atoms with van der Waals surface area (Å²) in [5.41, 5.74) is 0.957. The first kappa shape index (κ1) is 16.2. The van der Waals surface area contributed by atoms with Crippen molar-refractivity contribution >= 4 is 15.7 Å². The summed E-state index contributed by atoms with van der Waals surface area (Å²) in [4.78, 5) is 0.0650. The van der Waals surface area contributed by atoms with Crippen LogP contribution in [0.5, 0.6) is 5.75 Å². The molecule has 0 radical (unpaired) electrons. The second kappa shape index (κ2) is 5.91.